The quantitative estimate of drug-likeness (QED) is 0.593. The highest BCUT2D eigenvalue weighted by Gasteiger charge is 2.15. The van der Waals surface area contributed by atoms with Crippen molar-refractivity contribution < 1.29 is 4.79 Å². The van der Waals surface area contributed by atoms with Gasteiger partial charge in [0.2, 0.25) is 5.91 Å². The standard InChI is InChI=1S/C21H20N4O2/c1-2-25(16-7-8-18-15(13-16)9-11-22-18)20(26)10-12-24-14-23-19-6-4-3-5-17(19)21(24)27/h3-9,11,13-14,22H,2,10,12H2,1H3. The first kappa shape index (κ1) is 17.0. The zero-order valence-electron chi connectivity index (χ0n) is 15.1. The van der Waals surface area contributed by atoms with Gasteiger partial charge >= 0.3 is 0 Å². The predicted molar refractivity (Wildman–Crippen MR) is 107 cm³/mol. The summed E-state index contributed by atoms with van der Waals surface area (Å²) < 4.78 is 1.50. The van der Waals surface area contributed by atoms with E-state index in [2.05, 4.69) is 9.97 Å². The SMILES string of the molecule is CCN(C(=O)CCn1cnc2ccccc2c1=O)c1ccc2[nH]ccc2c1. The minimum absolute atomic E-state index is 0.0209. The molecule has 0 unspecified atom stereocenters. The van der Waals surface area contributed by atoms with Gasteiger partial charge in [0, 0.05) is 42.3 Å². The first-order chi connectivity index (χ1) is 13.2. The molecule has 2 aromatic heterocycles. The highest BCUT2D eigenvalue weighted by Crippen LogP contribution is 2.22. The Hall–Kier alpha value is -3.41. The molecule has 0 aliphatic rings. The number of carbonyl (C=O) groups is 1. The first-order valence-electron chi connectivity index (χ1n) is 8.99. The van der Waals surface area contributed by atoms with Crippen LogP contribution in [-0.4, -0.2) is 27.0 Å². The molecule has 136 valence electrons. The van der Waals surface area contributed by atoms with E-state index < -0.39 is 0 Å². The van der Waals surface area contributed by atoms with Gasteiger partial charge in [0.05, 0.1) is 17.2 Å². The summed E-state index contributed by atoms with van der Waals surface area (Å²) in [5, 5.41) is 1.63. The summed E-state index contributed by atoms with van der Waals surface area (Å²) in [5.41, 5.74) is 2.44. The Labute approximate surface area is 156 Å². The molecule has 0 aliphatic heterocycles. The van der Waals surface area contributed by atoms with Crippen LogP contribution in [0.25, 0.3) is 21.8 Å². The van der Waals surface area contributed by atoms with Gasteiger partial charge in [0.15, 0.2) is 0 Å². The lowest BCUT2D eigenvalue weighted by molar-refractivity contribution is -0.118. The topological polar surface area (TPSA) is 71.0 Å². The summed E-state index contributed by atoms with van der Waals surface area (Å²) >= 11 is 0. The fraction of sp³-hybridized carbons (Fsp3) is 0.190. The van der Waals surface area contributed by atoms with Crippen molar-refractivity contribution in [2.75, 3.05) is 11.4 Å². The second kappa shape index (κ2) is 7.07. The van der Waals surface area contributed by atoms with E-state index in [4.69, 9.17) is 0 Å². The lowest BCUT2D eigenvalue weighted by Crippen LogP contribution is -2.32. The van der Waals surface area contributed by atoms with Crippen molar-refractivity contribution in [2.45, 2.75) is 19.9 Å². The number of fused-ring (bicyclic) bond motifs is 2. The van der Waals surface area contributed by atoms with Crippen LogP contribution < -0.4 is 10.5 Å². The zero-order valence-corrected chi connectivity index (χ0v) is 15.1. The predicted octanol–water partition coefficient (Wildman–Crippen LogP) is 3.32. The monoisotopic (exact) mass is 360 g/mol. The van der Waals surface area contributed by atoms with E-state index in [1.807, 2.05) is 55.6 Å². The molecule has 0 radical (unpaired) electrons. The number of nitrogens with one attached hydrogen (secondary N) is 1. The number of anilines is 1. The Balaban J connectivity index is 1.54. The van der Waals surface area contributed by atoms with Gasteiger partial charge in [0.25, 0.3) is 5.56 Å². The third-order valence-corrected chi connectivity index (χ3v) is 4.76. The molecular weight excluding hydrogens is 340 g/mol. The van der Waals surface area contributed by atoms with Gasteiger partial charge in [-0.05, 0) is 43.3 Å². The molecule has 0 aliphatic carbocycles. The number of H-pyrrole nitrogens is 1. The minimum Gasteiger partial charge on any atom is -0.361 e. The summed E-state index contributed by atoms with van der Waals surface area (Å²) in [5.74, 6) is -0.0209. The number of aryl methyl sites for hydroxylation is 1. The lowest BCUT2D eigenvalue weighted by Gasteiger charge is -2.21. The van der Waals surface area contributed by atoms with Gasteiger partial charge in [-0.25, -0.2) is 4.98 Å². The maximum Gasteiger partial charge on any atom is 0.261 e. The fourth-order valence-corrected chi connectivity index (χ4v) is 3.33. The Kier molecular flexibility index (Phi) is 4.46. The van der Waals surface area contributed by atoms with Crippen LogP contribution in [0.2, 0.25) is 0 Å². The molecule has 1 amide bonds. The number of benzene rings is 2. The van der Waals surface area contributed by atoms with Crippen LogP contribution in [0.3, 0.4) is 0 Å². The largest absolute Gasteiger partial charge is 0.361 e. The molecule has 2 heterocycles. The van der Waals surface area contributed by atoms with E-state index in [-0.39, 0.29) is 17.9 Å². The third kappa shape index (κ3) is 3.21. The van der Waals surface area contributed by atoms with Gasteiger partial charge in [-0.2, -0.15) is 0 Å². The van der Waals surface area contributed by atoms with Gasteiger partial charge in [0.1, 0.15) is 0 Å². The molecule has 2 aromatic carbocycles. The third-order valence-electron chi connectivity index (χ3n) is 4.76. The van der Waals surface area contributed by atoms with E-state index >= 15 is 0 Å². The van der Waals surface area contributed by atoms with Crippen LogP contribution in [0.5, 0.6) is 0 Å². The lowest BCUT2D eigenvalue weighted by atomic mass is 10.2. The Morgan fingerprint density at radius 1 is 1.19 bits per heavy atom. The maximum absolute atomic E-state index is 12.8. The van der Waals surface area contributed by atoms with Crippen molar-refractivity contribution in [1.82, 2.24) is 14.5 Å². The van der Waals surface area contributed by atoms with Crippen molar-refractivity contribution in [3.05, 3.63) is 71.4 Å². The Morgan fingerprint density at radius 3 is 2.89 bits per heavy atom. The van der Waals surface area contributed by atoms with E-state index in [9.17, 15) is 9.59 Å². The molecule has 6 heteroatoms. The second-order valence-electron chi connectivity index (χ2n) is 6.40. The summed E-state index contributed by atoms with van der Waals surface area (Å²) in [6.45, 7) is 2.82. The van der Waals surface area contributed by atoms with Gasteiger partial charge < -0.3 is 9.88 Å². The highest BCUT2D eigenvalue weighted by molar-refractivity contribution is 5.95. The summed E-state index contributed by atoms with van der Waals surface area (Å²) in [6.07, 6.45) is 3.63. The molecule has 6 nitrogen and oxygen atoms in total. The van der Waals surface area contributed by atoms with Crippen LogP contribution >= 0.6 is 0 Å². The molecule has 0 atom stereocenters. The number of amides is 1. The van der Waals surface area contributed by atoms with Crippen LogP contribution in [0.1, 0.15) is 13.3 Å². The van der Waals surface area contributed by atoms with E-state index in [0.717, 1.165) is 16.6 Å². The van der Waals surface area contributed by atoms with Crippen LogP contribution in [0.15, 0.2) is 65.8 Å². The molecule has 0 fully saturated rings. The molecule has 0 saturated heterocycles. The molecule has 27 heavy (non-hydrogen) atoms. The number of hydrogen-bond acceptors (Lipinski definition) is 3. The summed E-state index contributed by atoms with van der Waals surface area (Å²) in [4.78, 5) is 34.5. The molecule has 0 bridgehead atoms. The minimum atomic E-state index is -0.120. The molecule has 1 N–H and O–H groups in total. The van der Waals surface area contributed by atoms with Crippen molar-refractivity contribution >= 4 is 33.4 Å². The number of aromatic nitrogens is 3. The van der Waals surface area contributed by atoms with E-state index in [0.29, 0.717) is 24.0 Å². The number of aromatic amines is 1. The number of rotatable bonds is 5. The normalized spacial score (nSPS) is 11.1. The van der Waals surface area contributed by atoms with E-state index in [1.54, 1.807) is 11.0 Å². The molecule has 0 saturated carbocycles. The summed E-state index contributed by atoms with van der Waals surface area (Å²) in [6, 6.07) is 15.1. The van der Waals surface area contributed by atoms with Crippen LogP contribution in [0.4, 0.5) is 5.69 Å². The number of para-hydroxylation sites is 1. The Morgan fingerprint density at radius 2 is 2.04 bits per heavy atom. The smallest absolute Gasteiger partial charge is 0.261 e. The second-order valence-corrected chi connectivity index (χ2v) is 6.40. The summed E-state index contributed by atoms with van der Waals surface area (Å²) in [7, 11) is 0. The first-order valence-corrected chi connectivity index (χ1v) is 8.99. The van der Waals surface area contributed by atoms with Gasteiger partial charge in [-0.15, -0.1) is 0 Å². The average Bonchev–Trinajstić information content (AvgIpc) is 3.16. The molecule has 4 rings (SSSR count). The van der Waals surface area contributed by atoms with Crippen molar-refractivity contribution in [1.29, 1.82) is 0 Å². The maximum atomic E-state index is 12.8. The molecule has 0 spiro atoms. The van der Waals surface area contributed by atoms with E-state index in [1.165, 1.54) is 10.9 Å². The van der Waals surface area contributed by atoms with Crippen LogP contribution in [-0.2, 0) is 11.3 Å². The number of nitrogens with zero attached hydrogens (tertiary/aromatic N) is 3. The van der Waals surface area contributed by atoms with Gasteiger partial charge in [-0.3, -0.25) is 14.2 Å². The van der Waals surface area contributed by atoms with Crippen molar-refractivity contribution in [2.24, 2.45) is 0 Å². The van der Waals surface area contributed by atoms with Crippen molar-refractivity contribution in [3.8, 4) is 0 Å². The molecular formula is C21H20N4O2. The van der Waals surface area contributed by atoms with Gasteiger partial charge in [-0.1, -0.05) is 12.1 Å². The zero-order chi connectivity index (χ0) is 18.8. The number of carbonyl (C=O) groups excluding carboxylic acids is 1. The number of hydrogen-bond donors (Lipinski definition) is 1. The van der Waals surface area contributed by atoms with Crippen molar-refractivity contribution in [3.63, 3.8) is 0 Å². The van der Waals surface area contributed by atoms with Crippen LogP contribution in [0, 0.1) is 0 Å². The average molecular weight is 360 g/mol. The fourth-order valence-electron chi connectivity index (χ4n) is 3.33. The highest BCUT2D eigenvalue weighted by atomic mass is 16.2. The molecule has 4 aromatic rings. The Bertz CT molecular complexity index is 1180.